The molecule has 2 aromatic carbocycles. The Bertz CT molecular complexity index is 876. The molecule has 116 valence electrons. The van der Waals surface area contributed by atoms with E-state index in [0.717, 1.165) is 0 Å². The number of halogens is 1. The first-order chi connectivity index (χ1) is 11.1. The van der Waals surface area contributed by atoms with Crippen molar-refractivity contribution in [1.82, 2.24) is 4.98 Å². The Morgan fingerprint density at radius 3 is 2.57 bits per heavy atom. The van der Waals surface area contributed by atoms with Crippen LogP contribution in [0, 0.1) is 12.7 Å². The van der Waals surface area contributed by atoms with Crippen molar-refractivity contribution in [3.05, 3.63) is 65.6 Å². The van der Waals surface area contributed by atoms with Gasteiger partial charge >= 0.3 is 0 Å². The summed E-state index contributed by atoms with van der Waals surface area (Å²) < 4.78 is 18.6. The minimum Gasteiger partial charge on any atom is -0.497 e. The van der Waals surface area contributed by atoms with Gasteiger partial charge in [-0.15, -0.1) is 0 Å². The first-order valence-electron chi connectivity index (χ1n) is 7.09. The van der Waals surface area contributed by atoms with Crippen LogP contribution in [0.15, 0.2) is 48.5 Å². The zero-order chi connectivity index (χ0) is 16.4. The maximum Gasteiger partial charge on any atom is 0.256 e. The number of hydrogen-bond acceptors (Lipinski definition) is 3. The molecule has 0 aliphatic rings. The van der Waals surface area contributed by atoms with Crippen LogP contribution in [-0.2, 0) is 0 Å². The number of pyridine rings is 1. The molecule has 0 radical (unpaired) electrons. The van der Waals surface area contributed by atoms with Crippen molar-refractivity contribution in [2.24, 2.45) is 0 Å². The minimum absolute atomic E-state index is 0.309. The van der Waals surface area contributed by atoms with Crippen molar-refractivity contribution in [3.63, 3.8) is 0 Å². The number of nitrogens with one attached hydrogen (secondary N) is 1. The van der Waals surface area contributed by atoms with Crippen molar-refractivity contribution in [1.29, 1.82) is 0 Å². The number of carbonyl (C=O) groups excluding carboxylic acids is 1. The van der Waals surface area contributed by atoms with E-state index >= 15 is 0 Å². The van der Waals surface area contributed by atoms with Crippen molar-refractivity contribution in [3.8, 4) is 5.75 Å². The molecule has 0 fully saturated rings. The van der Waals surface area contributed by atoms with Crippen molar-refractivity contribution in [2.75, 3.05) is 12.4 Å². The topological polar surface area (TPSA) is 51.2 Å². The van der Waals surface area contributed by atoms with Gasteiger partial charge in [0.25, 0.3) is 5.91 Å². The Kier molecular flexibility index (Phi) is 3.93. The highest BCUT2D eigenvalue weighted by atomic mass is 19.1. The van der Waals surface area contributed by atoms with E-state index in [0.29, 0.717) is 33.6 Å². The van der Waals surface area contributed by atoms with E-state index < -0.39 is 5.82 Å². The van der Waals surface area contributed by atoms with Crippen molar-refractivity contribution >= 4 is 22.5 Å². The van der Waals surface area contributed by atoms with Crippen molar-refractivity contribution in [2.45, 2.75) is 6.92 Å². The second-order valence-corrected chi connectivity index (χ2v) is 5.16. The molecular weight excluding hydrogens is 295 g/mol. The van der Waals surface area contributed by atoms with Crippen LogP contribution in [-0.4, -0.2) is 18.0 Å². The number of hydrogen-bond donors (Lipinski definition) is 1. The summed E-state index contributed by atoms with van der Waals surface area (Å²) in [5, 5.41) is 3.29. The fraction of sp³-hybridized carbons (Fsp3) is 0.111. The highest BCUT2D eigenvalue weighted by molar-refractivity contribution is 6.12. The lowest BCUT2D eigenvalue weighted by molar-refractivity contribution is 0.102. The second kappa shape index (κ2) is 6.04. The molecule has 0 saturated carbocycles. The summed E-state index contributed by atoms with van der Waals surface area (Å²) in [5.41, 5.74) is 2.31. The van der Waals surface area contributed by atoms with Crippen LogP contribution in [0.3, 0.4) is 0 Å². The maximum atomic E-state index is 13.5. The third kappa shape index (κ3) is 3.13. The molecule has 0 aliphatic heterocycles. The summed E-state index contributed by atoms with van der Waals surface area (Å²) in [4.78, 5) is 16.9. The van der Waals surface area contributed by atoms with E-state index in [1.165, 1.54) is 12.1 Å². The van der Waals surface area contributed by atoms with Gasteiger partial charge in [0.05, 0.1) is 18.2 Å². The van der Waals surface area contributed by atoms with Crippen LogP contribution in [0.25, 0.3) is 10.9 Å². The summed E-state index contributed by atoms with van der Waals surface area (Å²) in [5.74, 6) is -0.00630. The fourth-order valence-electron chi connectivity index (χ4n) is 2.39. The first-order valence-corrected chi connectivity index (χ1v) is 7.09. The molecule has 1 aromatic heterocycles. The molecule has 23 heavy (non-hydrogen) atoms. The number of ether oxygens (including phenoxy) is 1. The standard InChI is InChI=1S/C18H15FN2O2/c1-11-9-16(15-10-12(19)3-8-17(15)20-11)18(22)21-13-4-6-14(23-2)7-5-13/h3-10H,1-2H3,(H,21,22). The predicted octanol–water partition coefficient (Wildman–Crippen LogP) is 3.94. The Labute approximate surface area is 132 Å². The van der Waals surface area contributed by atoms with Gasteiger partial charge in [0.15, 0.2) is 0 Å². The number of carbonyl (C=O) groups is 1. The quantitative estimate of drug-likeness (QED) is 0.797. The van der Waals surface area contributed by atoms with Crippen LogP contribution in [0.5, 0.6) is 5.75 Å². The largest absolute Gasteiger partial charge is 0.497 e. The molecule has 0 spiro atoms. The van der Waals surface area contributed by atoms with E-state index in [1.54, 1.807) is 50.4 Å². The monoisotopic (exact) mass is 310 g/mol. The average molecular weight is 310 g/mol. The first kappa shape index (κ1) is 15.0. The normalized spacial score (nSPS) is 10.6. The van der Waals surface area contributed by atoms with E-state index in [-0.39, 0.29) is 5.91 Å². The van der Waals surface area contributed by atoms with Gasteiger partial charge in [0.1, 0.15) is 11.6 Å². The molecule has 5 heteroatoms. The van der Waals surface area contributed by atoms with Gasteiger partial charge in [-0.1, -0.05) is 0 Å². The van der Waals surface area contributed by atoms with Crippen LogP contribution >= 0.6 is 0 Å². The van der Waals surface area contributed by atoms with E-state index in [1.807, 2.05) is 0 Å². The minimum atomic E-state index is -0.401. The Morgan fingerprint density at radius 2 is 1.87 bits per heavy atom. The SMILES string of the molecule is COc1ccc(NC(=O)c2cc(C)nc3ccc(F)cc23)cc1. The maximum absolute atomic E-state index is 13.5. The van der Waals surface area contributed by atoms with Crippen LogP contribution in [0.4, 0.5) is 10.1 Å². The summed E-state index contributed by atoms with van der Waals surface area (Å²) in [6, 6.07) is 12.9. The van der Waals surface area contributed by atoms with Gasteiger partial charge in [-0.05, 0) is 55.5 Å². The summed E-state index contributed by atoms with van der Waals surface area (Å²) >= 11 is 0. The molecule has 0 bridgehead atoms. The Morgan fingerprint density at radius 1 is 1.13 bits per heavy atom. The number of nitrogens with zero attached hydrogens (tertiary/aromatic N) is 1. The number of aryl methyl sites for hydroxylation is 1. The van der Waals surface area contributed by atoms with Crippen LogP contribution in [0.2, 0.25) is 0 Å². The van der Waals surface area contributed by atoms with Crippen molar-refractivity contribution < 1.29 is 13.9 Å². The molecule has 3 aromatic rings. The fourth-order valence-corrected chi connectivity index (χ4v) is 2.39. The van der Waals surface area contributed by atoms with Gasteiger partial charge in [-0.3, -0.25) is 9.78 Å². The van der Waals surface area contributed by atoms with E-state index in [2.05, 4.69) is 10.3 Å². The molecule has 0 unspecified atom stereocenters. The highest BCUT2D eigenvalue weighted by Gasteiger charge is 2.13. The van der Waals surface area contributed by atoms with Gasteiger partial charge in [0, 0.05) is 16.8 Å². The number of fused-ring (bicyclic) bond motifs is 1. The highest BCUT2D eigenvalue weighted by Crippen LogP contribution is 2.22. The van der Waals surface area contributed by atoms with Gasteiger partial charge in [-0.2, -0.15) is 0 Å². The lowest BCUT2D eigenvalue weighted by atomic mass is 10.1. The number of aromatic nitrogens is 1. The lowest BCUT2D eigenvalue weighted by Crippen LogP contribution is -2.13. The van der Waals surface area contributed by atoms with E-state index in [9.17, 15) is 9.18 Å². The molecular formula is C18H15FN2O2. The molecule has 4 nitrogen and oxygen atoms in total. The summed E-state index contributed by atoms with van der Waals surface area (Å²) in [6.07, 6.45) is 0. The van der Waals surface area contributed by atoms with Gasteiger partial charge in [-0.25, -0.2) is 4.39 Å². The molecule has 1 amide bonds. The molecule has 3 rings (SSSR count). The molecule has 0 saturated heterocycles. The number of amides is 1. The molecule has 0 aliphatic carbocycles. The lowest BCUT2D eigenvalue weighted by Gasteiger charge is -2.10. The Balaban J connectivity index is 1.97. The zero-order valence-corrected chi connectivity index (χ0v) is 12.8. The van der Waals surface area contributed by atoms with Crippen LogP contribution in [0.1, 0.15) is 16.1 Å². The molecule has 0 atom stereocenters. The van der Waals surface area contributed by atoms with Crippen LogP contribution < -0.4 is 10.1 Å². The smallest absolute Gasteiger partial charge is 0.256 e. The molecule has 1 N–H and O–H groups in total. The van der Waals surface area contributed by atoms with Gasteiger partial charge < -0.3 is 10.1 Å². The molecule has 1 heterocycles. The van der Waals surface area contributed by atoms with Gasteiger partial charge in [0.2, 0.25) is 0 Å². The zero-order valence-electron chi connectivity index (χ0n) is 12.8. The number of methoxy groups -OCH3 is 1. The number of rotatable bonds is 3. The number of benzene rings is 2. The Hall–Kier alpha value is -2.95. The number of anilines is 1. The third-order valence-corrected chi connectivity index (χ3v) is 3.49. The second-order valence-electron chi connectivity index (χ2n) is 5.16. The van der Waals surface area contributed by atoms with E-state index in [4.69, 9.17) is 4.74 Å². The average Bonchev–Trinajstić information content (AvgIpc) is 2.55. The third-order valence-electron chi connectivity index (χ3n) is 3.49. The summed E-state index contributed by atoms with van der Waals surface area (Å²) in [7, 11) is 1.58. The predicted molar refractivity (Wildman–Crippen MR) is 87.4 cm³/mol. The summed E-state index contributed by atoms with van der Waals surface area (Å²) in [6.45, 7) is 1.80.